The smallest absolute Gasteiger partial charge is 0.268 e. The van der Waals surface area contributed by atoms with Gasteiger partial charge < -0.3 is 0 Å². The number of nitro benzene ring substituents is 1. The average molecular weight is 462 g/mol. The molecule has 148 valence electrons. The first-order valence-electron chi connectivity index (χ1n) is 9.15. The van der Waals surface area contributed by atoms with Gasteiger partial charge in [0, 0.05) is 16.6 Å². The van der Waals surface area contributed by atoms with Crippen LogP contribution in [0.4, 0.5) is 5.69 Å². The first kappa shape index (κ1) is 19.7. The lowest BCUT2D eigenvalue weighted by atomic mass is 10.1. The third-order valence-electron chi connectivity index (χ3n) is 4.67. The molecule has 0 unspecified atom stereocenters. The summed E-state index contributed by atoms with van der Waals surface area (Å²) in [5.41, 5.74) is 2.97. The second kappa shape index (κ2) is 8.04. The predicted molar refractivity (Wildman–Crippen MR) is 122 cm³/mol. The van der Waals surface area contributed by atoms with Gasteiger partial charge in [0.15, 0.2) is 0 Å². The molecule has 0 atom stereocenters. The fourth-order valence-corrected chi connectivity index (χ4v) is 3.84. The van der Waals surface area contributed by atoms with E-state index < -0.39 is 4.92 Å². The summed E-state index contributed by atoms with van der Waals surface area (Å²) in [7, 11) is 0. The Kier molecular flexibility index (Phi) is 5.29. The Hall–Kier alpha value is -3.58. The summed E-state index contributed by atoms with van der Waals surface area (Å²) in [6, 6.07) is 19.2. The number of para-hydroxylation sites is 1. The van der Waals surface area contributed by atoms with Gasteiger partial charge in [-0.05, 0) is 76.5 Å². The number of nitro groups is 1. The van der Waals surface area contributed by atoms with Crippen LogP contribution in [0.25, 0.3) is 28.7 Å². The Bertz CT molecular complexity index is 1360. The monoisotopic (exact) mass is 461 g/mol. The molecule has 3 aromatic carbocycles. The molecule has 0 radical (unpaired) electrons. The summed E-state index contributed by atoms with van der Waals surface area (Å²) in [4.78, 5) is 28.4. The third-order valence-corrected chi connectivity index (χ3v) is 5.31. The SMILES string of the molecule is Cc1ccc(-n2c(C=Cc3ccc([N+](=O)[O-])cc3)nc3ccccc3c2=O)c(Br)c1. The number of aromatic nitrogens is 2. The van der Waals surface area contributed by atoms with E-state index in [2.05, 4.69) is 20.9 Å². The second-order valence-corrected chi connectivity index (χ2v) is 7.62. The Balaban J connectivity index is 1.89. The summed E-state index contributed by atoms with van der Waals surface area (Å²) in [6.45, 7) is 1.98. The molecule has 0 spiro atoms. The highest BCUT2D eigenvalue weighted by Gasteiger charge is 2.13. The molecule has 1 aromatic heterocycles. The van der Waals surface area contributed by atoms with E-state index in [1.54, 1.807) is 41.0 Å². The molecule has 7 heteroatoms. The molecule has 0 N–H and O–H groups in total. The van der Waals surface area contributed by atoms with Gasteiger partial charge in [-0.3, -0.25) is 19.5 Å². The van der Waals surface area contributed by atoms with E-state index in [0.29, 0.717) is 22.4 Å². The normalized spacial score (nSPS) is 11.3. The fraction of sp³-hybridized carbons (Fsp3) is 0.0435. The zero-order valence-corrected chi connectivity index (χ0v) is 17.5. The lowest BCUT2D eigenvalue weighted by Crippen LogP contribution is -2.22. The van der Waals surface area contributed by atoms with Gasteiger partial charge in [0.25, 0.3) is 11.2 Å². The van der Waals surface area contributed by atoms with Crippen molar-refractivity contribution in [2.45, 2.75) is 6.92 Å². The molecule has 30 heavy (non-hydrogen) atoms. The molecule has 4 aromatic rings. The first-order valence-corrected chi connectivity index (χ1v) is 9.94. The molecule has 0 aliphatic rings. The summed E-state index contributed by atoms with van der Waals surface area (Å²) in [6.07, 6.45) is 3.51. The van der Waals surface area contributed by atoms with Crippen LogP contribution in [0.2, 0.25) is 0 Å². The Morgan fingerprint density at radius 3 is 2.47 bits per heavy atom. The molecule has 6 nitrogen and oxygen atoms in total. The number of benzene rings is 3. The van der Waals surface area contributed by atoms with Crippen LogP contribution in [-0.2, 0) is 0 Å². The van der Waals surface area contributed by atoms with Crippen LogP contribution < -0.4 is 5.56 Å². The van der Waals surface area contributed by atoms with Crippen LogP contribution in [0.15, 0.2) is 76.0 Å². The Morgan fingerprint density at radius 1 is 1.03 bits per heavy atom. The highest BCUT2D eigenvalue weighted by Crippen LogP contribution is 2.24. The molecule has 0 amide bonds. The number of fused-ring (bicyclic) bond motifs is 1. The van der Waals surface area contributed by atoms with Crippen molar-refractivity contribution in [1.29, 1.82) is 0 Å². The minimum Gasteiger partial charge on any atom is -0.268 e. The van der Waals surface area contributed by atoms with Gasteiger partial charge >= 0.3 is 0 Å². The van der Waals surface area contributed by atoms with Crippen molar-refractivity contribution in [3.63, 3.8) is 0 Å². The largest absolute Gasteiger partial charge is 0.269 e. The van der Waals surface area contributed by atoms with Gasteiger partial charge in [-0.1, -0.05) is 24.3 Å². The van der Waals surface area contributed by atoms with E-state index in [1.807, 2.05) is 37.3 Å². The van der Waals surface area contributed by atoms with Crippen molar-refractivity contribution in [3.8, 4) is 5.69 Å². The number of nitrogens with zero attached hydrogens (tertiary/aromatic N) is 3. The van der Waals surface area contributed by atoms with Crippen LogP contribution in [-0.4, -0.2) is 14.5 Å². The molecule has 0 saturated heterocycles. The molecule has 0 bridgehead atoms. The van der Waals surface area contributed by atoms with Crippen molar-refractivity contribution in [1.82, 2.24) is 9.55 Å². The highest BCUT2D eigenvalue weighted by molar-refractivity contribution is 9.10. The Labute approximate surface area is 180 Å². The minimum atomic E-state index is -0.440. The van der Waals surface area contributed by atoms with Crippen molar-refractivity contribution < 1.29 is 4.92 Å². The zero-order valence-electron chi connectivity index (χ0n) is 15.9. The third kappa shape index (κ3) is 3.79. The lowest BCUT2D eigenvalue weighted by molar-refractivity contribution is -0.384. The van der Waals surface area contributed by atoms with Crippen molar-refractivity contribution in [2.24, 2.45) is 0 Å². The van der Waals surface area contributed by atoms with Gasteiger partial charge in [-0.2, -0.15) is 0 Å². The molecule has 0 fully saturated rings. The van der Waals surface area contributed by atoms with E-state index in [4.69, 9.17) is 0 Å². The predicted octanol–water partition coefficient (Wildman–Crippen LogP) is 5.54. The van der Waals surface area contributed by atoms with Crippen molar-refractivity contribution in [2.75, 3.05) is 0 Å². The maximum atomic E-state index is 13.3. The second-order valence-electron chi connectivity index (χ2n) is 6.76. The van der Waals surface area contributed by atoms with Gasteiger partial charge in [0.2, 0.25) is 0 Å². The van der Waals surface area contributed by atoms with Crippen molar-refractivity contribution >= 4 is 44.7 Å². The van der Waals surface area contributed by atoms with E-state index in [9.17, 15) is 14.9 Å². The molecule has 0 aliphatic heterocycles. The van der Waals surface area contributed by atoms with E-state index in [1.165, 1.54) is 12.1 Å². The number of hydrogen-bond acceptors (Lipinski definition) is 4. The first-order chi connectivity index (χ1) is 14.4. The number of hydrogen-bond donors (Lipinski definition) is 0. The molecular formula is C23H16BrN3O3. The topological polar surface area (TPSA) is 78.0 Å². The zero-order chi connectivity index (χ0) is 21.3. The summed E-state index contributed by atoms with van der Waals surface area (Å²) < 4.78 is 2.35. The number of non-ortho nitro benzene ring substituents is 1. The molecular weight excluding hydrogens is 446 g/mol. The Morgan fingerprint density at radius 2 is 1.77 bits per heavy atom. The van der Waals surface area contributed by atoms with Gasteiger partial charge in [0.05, 0.1) is 21.5 Å². The number of halogens is 1. The molecule has 0 aliphatic carbocycles. The molecule has 0 saturated carbocycles. The number of aryl methyl sites for hydroxylation is 1. The summed E-state index contributed by atoms with van der Waals surface area (Å²) in [5, 5.41) is 11.4. The van der Waals surface area contributed by atoms with Gasteiger partial charge in [-0.25, -0.2) is 4.98 Å². The summed E-state index contributed by atoms with van der Waals surface area (Å²) >= 11 is 3.56. The van der Waals surface area contributed by atoms with Gasteiger partial charge in [0.1, 0.15) is 5.82 Å². The molecule has 4 rings (SSSR count). The standard InChI is InChI=1S/C23H16BrN3O3/c1-15-6-12-21(19(24)14-15)26-22(25-20-5-3-2-4-18(20)23(26)28)13-9-16-7-10-17(11-8-16)27(29)30/h2-14H,1H3. The average Bonchev–Trinajstić information content (AvgIpc) is 2.73. The van der Waals surface area contributed by atoms with Crippen LogP contribution in [0.5, 0.6) is 0 Å². The number of rotatable bonds is 4. The van der Waals surface area contributed by atoms with Crippen LogP contribution in [0.3, 0.4) is 0 Å². The van der Waals surface area contributed by atoms with Crippen molar-refractivity contribution in [3.05, 3.63) is 109 Å². The van der Waals surface area contributed by atoms with E-state index >= 15 is 0 Å². The minimum absolute atomic E-state index is 0.0245. The van der Waals surface area contributed by atoms with Crippen LogP contribution >= 0.6 is 15.9 Å². The maximum absolute atomic E-state index is 13.3. The highest BCUT2D eigenvalue weighted by atomic mass is 79.9. The van der Waals surface area contributed by atoms with Crippen LogP contribution in [0, 0.1) is 17.0 Å². The van der Waals surface area contributed by atoms with E-state index in [0.717, 1.165) is 15.6 Å². The van der Waals surface area contributed by atoms with Gasteiger partial charge in [-0.15, -0.1) is 0 Å². The van der Waals surface area contributed by atoms with Crippen LogP contribution in [0.1, 0.15) is 17.0 Å². The fourth-order valence-electron chi connectivity index (χ4n) is 3.17. The quantitative estimate of drug-likeness (QED) is 0.295. The lowest BCUT2D eigenvalue weighted by Gasteiger charge is -2.13. The molecule has 1 heterocycles. The van der Waals surface area contributed by atoms with E-state index in [-0.39, 0.29) is 11.2 Å². The maximum Gasteiger partial charge on any atom is 0.269 e. The summed E-state index contributed by atoms with van der Waals surface area (Å²) in [5.74, 6) is 0.460.